The Morgan fingerprint density at radius 2 is 2.15 bits per heavy atom. The van der Waals surface area contributed by atoms with Gasteiger partial charge < -0.3 is 10.2 Å². The van der Waals surface area contributed by atoms with Gasteiger partial charge in [0.1, 0.15) is 5.82 Å². The molecule has 0 aliphatic carbocycles. The van der Waals surface area contributed by atoms with Crippen LogP contribution in [0.4, 0.5) is 5.82 Å². The number of aliphatic hydroxyl groups is 1. The first-order chi connectivity index (χ1) is 9.20. The number of rotatable bonds is 3. The molecule has 2 N–H and O–H groups in total. The van der Waals surface area contributed by atoms with E-state index in [1.54, 1.807) is 12.1 Å². The highest BCUT2D eigenvalue weighted by atomic mass is 79.9. The van der Waals surface area contributed by atoms with Crippen molar-refractivity contribution in [2.24, 2.45) is 0 Å². The van der Waals surface area contributed by atoms with Gasteiger partial charge in [-0.25, -0.2) is 9.78 Å². The molecule has 1 amide bonds. The Labute approximate surface area is 124 Å². The summed E-state index contributed by atoms with van der Waals surface area (Å²) in [5.41, 5.74) is -3.30. The third kappa shape index (κ3) is 2.10. The van der Waals surface area contributed by atoms with Crippen LogP contribution in [0.15, 0.2) is 22.8 Å². The van der Waals surface area contributed by atoms with Gasteiger partial charge in [-0.3, -0.25) is 9.69 Å². The van der Waals surface area contributed by atoms with Gasteiger partial charge in [-0.05, 0) is 48.3 Å². The number of carboxylic acid groups (broad SMARTS) is 1. The van der Waals surface area contributed by atoms with Crippen LogP contribution in [0, 0.1) is 0 Å². The predicted octanol–water partition coefficient (Wildman–Crippen LogP) is 1.57. The standard InChI is InChI=1S/C13H15BrN2O4/c1-12(2,20)13(11(18)19)6-5-10(17)16(13)9-4-3-8(14)7-15-9/h3-4,7,20H,5-6H2,1-2H3,(H,18,19). The largest absolute Gasteiger partial charge is 0.479 e. The lowest BCUT2D eigenvalue weighted by molar-refractivity contribution is -0.153. The average Bonchev–Trinajstić information content (AvgIpc) is 2.69. The minimum absolute atomic E-state index is 0.0441. The Bertz CT molecular complexity index is 552. The molecule has 1 aliphatic heterocycles. The molecule has 1 atom stereocenters. The number of carbonyl (C=O) groups excluding carboxylic acids is 1. The summed E-state index contributed by atoms with van der Waals surface area (Å²) in [6.45, 7) is 2.79. The molecular weight excluding hydrogens is 328 g/mol. The fourth-order valence-corrected chi connectivity index (χ4v) is 2.83. The smallest absolute Gasteiger partial charge is 0.333 e. The Morgan fingerprint density at radius 1 is 1.50 bits per heavy atom. The van der Waals surface area contributed by atoms with Crippen molar-refractivity contribution in [3.05, 3.63) is 22.8 Å². The number of halogens is 1. The number of amides is 1. The molecule has 1 aliphatic rings. The Balaban J connectivity index is 2.60. The van der Waals surface area contributed by atoms with E-state index in [1.165, 1.54) is 20.0 Å². The third-order valence-electron chi connectivity index (χ3n) is 3.64. The molecule has 2 rings (SSSR count). The van der Waals surface area contributed by atoms with Crippen molar-refractivity contribution >= 4 is 33.6 Å². The van der Waals surface area contributed by atoms with Crippen molar-refractivity contribution in [2.75, 3.05) is 4.90 Å². The molecule has 0 radical (unpaired) electrons. The maximum Gasteiger partial charge on any atom is 0.333 e. The van der Waals surface area contributed by atoms with Gasteiger partial charge in [0, 0.05) is 17.1 Å². The molecule has 1 fully saturated rings. The number of aromatic nitrogens is 1. The second-order valence-electron chi connectivity index (χ2n) is 5.29. The average molecular weight is 343 g/mol. The van der Waals surface area contributed by atoms with Crippen LogP contribution in [-0.2, 0) is 9.59 Å². The summed E-state index contributed by atoms with van der Waals surface area (Å²) in [7, 11) is 0. The van der Waals surface area contributed by atoms with E-state index in [1.807, 2.05) is 0 Å². The highest BCUT2D eigenvalue weighted by Crippen LogP contribution is 2.42. The zero-order valence-electron chi connectivity index (χ0n) is 11.1. The van der Waals surface area contributed by atoms with E-state index < -0.39 is 17.1 Å². The quantitative estimate of drug-likeness (QED) is 0.869. The molecule has 20 heavy (non-hydrogen) atoms. The maximum absolute atomic E-state index is 12.1. The van der Waals surface area contributed by atoms with Crippen molar-refractivity contribution in [1.29, 1.82) is 0 Å². The molecule has 7 heteroatoms. The summed E-state index contributed by atoms with van der Waals surface area (Å²) in [6, 6.07) is 3.22. The van der Waals surface area contributed by atoms with Crippen molar-refractivity contribution in [3.63, 3.8) is 0 Å². The fraction of sp³-hybridized carbons (Fsp3) is 0.462. The molecule has 0 bridgehead atoms. The zero-order valence-corrected chi connectivity index (χ0v) is 12.7. The van der Waals surface area contributed by atoms with Gasteiger partial charge in [0.25, 0.3) is 0 Å². The first-order valence-electron chi connectivity index (χ1n) is 6.10. The van der Waals surface area contributed by atoms with Crippen LogP contribution in [0.3, 0.4) is 0 Å². The minimum atomic E-state index is -1.70. The van der Waals surface area contributed by atoms with E-state index in [4.69, 9.17) is 0 Å². The molecular formula is C13H15BrN2O4. The van der Waals surface area contributed by atoms with E-state index in [0.29, 0.717) is 0 Å². The molecule has 6 nitrogen and oxygen atoms in total. The second-order valence-corrected chi connectivity index (χ2v) is 6.20. The first-order valence-corrected chi connectivity index (χ1v) is 6.90. The molecule has 1 saturated heterocycles. The van der Waals surface area contributed by atoms with Crippen LogP contribution in [-0.4, -0.2) is 38.2 Å². The lowest BCUT2D eigenvalue weighted by Gasteiger charge is -2.42. The topological polar surface area (TPSA) is 90.7 Å². The van der Waals surface area contributed by atoms with Crippen molar-refractivity contribution in [2.45, 2.75) is 37.8 Å². The number of carbonyl (C=O) groups is 2. The number of aliphatic carboxylic acids is 1. The molecule has 1 aromatic heterocycles. The lowest BCUT2D eigenvalue weighted by Crippen LogP contribution is -2.65. The maximum atomic E-state index is 12.1. The van der Waals surface area contributed by atoms with Gasteiger partial charge in [0.05, 0.1) is 5.60 Å². The predicted molar refractivity (Wildman–Crippen MR) is 75.3 cm³/mol. The van der Waals surface area contributed by atoms with Crippen LogP contribution in [0.25, 0.3) is 0 Å². The Hall–Kier alpha value is -1.47. The minimum Gasteiger partial charge on any atom is -0.479 e. The Morgan fingerprint density at radius 3 is 2.60 bits per heavy atom. The van der Waals surface area contributed by atoms with Gasteiger partial charge in [-0.1, -0.05) is 0 Å². The van der Waals surface area contributed by atoms with Gasteiger partial charge in [-0.2, -0.15) is 0 Å². The van der Waals surface area contributed by atoms with Crippen LogP contribution in [0.1, 0.15) is 26.7 Å². The fourth-order valence-electron chi connectivity index (χ4n) is 2.59. The molecule has 1 aromatic rings. The number of hydrogen-bond acceptors (Lipinski definition) is 4. The number of carboxylic acids is 1. The SMILES string of the molecule is CC(C)(O)C1(C(=O)O)CCC(=O)N1c1ccc(Br)cn1. The van der Waals surface area contributed by atoms with E-state index >= 15 is 0 Å². The molecule has 2 heterocycles. The van der Waals surface area contributed by atoms with Gasteiger partial charge in [-0.15, -0.1) is 0 Å². The van der Waals surface area contributed by atoms with Gasteiger partial charge in [0.2, 0.25) is 5.91 Å². The van der Waals surface area contributed by atoms with Crippen molar-refractivity contribution in [1.82, 2.24) is 4.98 Å². The highest BCUT2D eigenvalue weighted by molar-refractivity contribution is 9.10. The monoisotopic (exact) mass is 342 g/mol. The summed E-state index contributed by atoms with van der Waals surface area (Å²) < 4.78 is 0.720. The number of anilines is 1. The molecule has 1 unspecified atom stereocenters. The second kappa shape index (κ2) is 4.82. The van der Waals surface area contributed by atoms with Gasteiger partial charge in [0.15, 0.2) is 5.54 Å². The van der Waals surface area contributed by atoms with E-state index in [2.05, 4.69) is 20.9 Å². The lowest BCUT2D eigenvalue weighted by atomic mass is 9.80. The highest BCUT2D eigenvalue weighted by Gasteiger charge is 2.61. The number of hydrogen-bond donors (Lipinski definition) is 2. The molecule has 0 aromatic carbocycles. The number of nitrogens with zero attached hydrogens (tertiary/aromatic N) is 2. The Kier molecular flexibility index (Phi) is 3.60. The summed E-state index contributed by atoms with van der Waals surface area (Å²) >= 11 is 3.23. The van der Waals surface area contributed by atoms with E-state index in [-0.39, 0.29) is 24.6 Å². The van der Waals surface area contributed by atoms with Crippen LogP contribution in [0.2, 0.25) is 0 Å². The molecule has 0 spiro atoms. The van der Waals surface area contributed by atoms with Crippen molar-refractivity contribution < 1.29 is 19.8 Å². The molecule has 108 valence electrons. The summed E-state index contributed by atoms with van der Waals surface area (Å²) in [5, 5.41) is 19.9. The van der Waals surface area contributed by atoms with Gasteiger partial charge >= 0.3 is 5.97 Å². The van der Waals surface area contributed by atoms with Crippen molar-refractivity contribution in [3.8, 4) is 0 Å². The van der Waals surface area contributed by atoms with Crippen LogP contribution >= 0.6 is 15.9 Å². The van der Waals surface area contributed by atoms with E-state index in [0.717, 1.165) is 9.37 Å². The zero-order chi connectivity index (χ0) is 15.1. The first kappa shape index (κ1) is 14.9. The normalized spacial score (nSPS) is 23.2. The van der Waals surface area contributed by atoms with Crippen LogP contribution < -0.4 is 4.90 Å². The summed E-state index contributed by atoms with van der Waals surface area (Å²) in [5.74, 6) is -1.37. The van der Waals surface area contributed by atoms with Crippen LogP contribution in [0.5, 0.6) is 0 Å². The summed E-state index contributed by atoms with van der Waals surface area (Å²) in [4.78, 5) is 29.1. The summed E-state index contributed by atoms with van der Waals surface area (Å²) in [6.07, 6.45) is 1.59. The number of pyridine rings is 1. The molecule has 0 saturated carbocycles. The third-order valence-corrected chi connectivity index (χ3v) is 4.11. The van der Waals surface area contributed by atoms with E-state index in [9.17, 15) is 19.8 Å².